The second-order valence-electron chi connectivity index (χ2n) is 5.91. The largest absolute Gasteiger partial charge is 0.375 e. The van der Waals surface area contributed by atoms with E-state index in [0.717, 1.165) is 31.2 Å². The molecule has 0 spiro atoms. The maximum Gasteiger partial charge on any atom is 0.273 e. The zero-order valence-corrected chi connectivity index (χ0v) is 14.3. The lowest BCUT2D eigenvalue weighted by Crippen LogP contribution is -2.37. The molecule has 1 amide bonds. The number of thiazole rings is 2. The van der Waals surface area contributed by atoms with Crippen LogP contribution in [0.1, 0.15) is 15.5 Å². The predicted molar refractivity (Wildman–Crippen MR) is 88.6 cm³/mol. The van der Waals surface area contributed by atoms with E-state index in [-0.39, 0.29) is 12.0 Å². The Kier molecular flexibility index (Phi) is 4.39. The molecule has 2 saturated heterocycles. The first-order chi connectivity index (χ1) is 11.3. The number of likely N-dealkylation sites (tertiary alicyclic amines) is 1. The van der Waals surface area contributed by atoms with Gasteiger partial charge < -0.3 is 9.64 Å². The van der Waals surface area contributed by atoms with Crippen molar-refractivity contribution in [1.82, 2.24) is 19.8 Å². The highest BCUT2D eigenvalue weighted by Gasteiger charge is 2.38. The second-order valence-corrected chi connectivity index (χ2v) is 7.61. The van der Waals surface area contributed by atoms with Crippen molar-refractivity contribution >= 4 is 28.6 Å². The maximum absolute atomic E-state index is 12.5. The van der Waals surface area contributed by atoms with E-state index < -0.39 is 0 Å². The number of fused-ring (bicyclic) bond motifs is 1. The lowest BCUT2D eigenvalue weighted by Gasteiger charge is -2.22. The quantitative estimate of drug-likeness (QED) is 0.841. The van der Waals surface area contributed by atoms with Crippen molar-refractivity contribution in [2.24, 2.45) is 5.92 Å². The maximum atomic E-state index is 12.5. The van der Waals surface area contributed by atoms with Crippen LogP contribution in [0.15, 0.2) is 22.5 Å². The Morgan fingerprint density at radius 1 is 1.35 bits per heavy atom. The molecule has 0 unspecified atom stereocenters. The molecule has 6 nitrogen and oxygen atoms in total. The van der Waals surface area contributed by atoms with E-state index >= 15 is 0 Å². The molecule has 2 aromatic rings. The van der Waals surface area contributed by atoms with E-state index in [0.29, 0.717) is 24.8 Å². The van der Waals surface area contributed by atoms with Gasteiger partial charge in [0.2, 0.25) is 0 Å². The lowest BCUT2D eigenvalue weighted by atomic mass is 10.1. The standard InChI is InChI=1S/C15H18N4O2S2/c20-15(12-9-22-10-17-12)19-2-3-21-13-7-18(5-11(13)6-19)8-14-16-1-4-23-14/h1,4,9-11,13H,2-3,5-8H2/t11-,13-/m1/s1. The second kappa shape index (κ2) is 6.64. The number of hydrogen-bond acceptors (Lipinski definition) is 7. The molecule has 2 fully saturated rings. The third-order valence-corrected chi connectivity index (χ3v) is 5.74. The van der Waals surface area contributed by atoms with Crippen LogP contribution in [0, 0.1) is 5.92 Å². The molecule has 122 valence electrons. The van der Waals surface area contributed by atoms with Crippen molar-refractivity contribution in [1.29, 1.82) is 0 Å². The minimum Gasteiger partial charge on any atom is -0.375 e. The molecule has 0 saturated carbocycles. The summed E-state index contributed by atoms with van der Waals surface area (Å²) in [5.41, 5.74) is 2.25. The Morgan fingerprint density at radius 3 is 3.09 bits per heavy atom. The van der Waals surface area contributed by atoms with Crippen LogP contribution in [-0.2, 0) is 11.3 Å². The Hall–Kier alpha value is -1.35. The number of aromatic nitrogens is 2. The van der Waals surface area contributed by atoms with Gasteiger partial charge >= 0.3 is 0 Å². The summed E-state index contributed by atoms with van der Waals surface area (Å²) in [6, 6.07) is 0. The van der Waals surface area contributed by atoms with E-state index in [1.165, 1.54) is 11.3 Å². The topological polar surface area (TPSA) is 58.6 Å². The first kappa shape index (κ1) is 15.2. The van der Waals surface area contributed by atoms with Gasteiger partial charge in [0.25, 0.3) is 5.91 Å². The third kappa shape index (κ3) is 3.30. The fraction of sp³-hybridized carbons (Fsp3) is 0.533. The Labute approximate surface area is 142 Å². The summed E-state index contributed by atoms with van der Waals surface area (Å²) in [7, 11) is 0. The molecular weight excluding hydrogens is 332 g/mol. The van der Waals surface area contributed by atoms with Crippen molar-refractivity contribution in [3.63, 3.8) is 0 Å². The highest BCUT2D eigenvalue weighted by atomic mass is 32.1. The van der Waals surface area contributed by atoms with Crippen LogP contribution in [0.5, 0.6) is 0 Å². The van der Waals surface area contributed by atoms with Gasteiger partial charge in [-0.15, -0.1) is 22.7 Å². The molecule has 4 rings (SSSR count). The summed E-state index contributed by atoms with van der Waals surface area (Å²) in [6.07, 6.45) is 2.06. The van der Waals surface area contributed by atoms with Gasteiger partial charge in [-0.2, -0.15) is 0 Å². The van der Waals surface area contributed by atoms with Crippen molar-refractivity contribution in [3.05, 3.63) is 33.2 Å². The fourth-order valence-corrected chi connectivity index (χ4v) is 4.48. The SMILES string of the molecule is O=C(c1cscn1)N1CCO[C@@H]2CN(Cc3nccs3)C[C@@H]2C1. The van der Waals surface area contributed by atoms with Gasteiger partial charge in [-0.25, -0.2) is 9.97 Å². The van der Waals surface area contributed by atoms with E-state index in [1.54, 1.807) is 16.8 Å². The number of amides is 1. The van der Waals surface area contributed by atoms with Crippen LogP contribution in [0.4, 0.5) is 0 Å². The molecule has 0 N–H and O–H groups in total. The Balaban J connectivity index is 1.41. The molecule has 0 radical (unpaired) electrons. The first-order valence-corrected chi connectivity index (χ1v) is 9.51. The monoisotopic (exact) mass is 350 g/mol. The molecule has 4 heterocycles. The van der Waals surface area contributed by atoms with Crippen LogP contribution >= 0.6 is 22.7 Å². The van der Waals surface area contributed by atoms with Crippen LogP contribution in [0.2, 0.25) is 0 Å². The number of rotatable bonds is 3. The van der Waals surface area contributed by atoms with Crippen LogP contribution < -0.4 is 0 Å². The molecule has 2 atom stereocenters. The van der Waals surface area contributed by atoms with Crippen molar-refractivity contribution in [3.8, 4) is 0 Å². The summed E-state index contributed by atoms with van der Waals surface area (Å²) < 4.78 is 6.00. The van der Waals surface area contributed by atoms with Gasteiger partial charge in [-0.3, -0.25) is 9.69 Å². The van der Waals surface area contributed by atoms with Crippen LogP contribution in [0.3, 0.4) is 0 Å². The Bertz CT molecular complexity index is 647. The number of ether oxygens (including phenoxy) is 1. The minimum absolute atomic E-state index is 0.0221. The normalized spacial score (nSPS) is 25.3. The van der Waals surface area contributed by atoms with Gasteiger partial charge in [0.15, 0.2) is 0 Å². The van der Waals surface area contributed by atoms with Gasteiger partial charge in [-0.1, -0.05) is 0 Å². The van der Waals surface area contributed by atoms with E-state index in [4.69, 9.17) is 4.74 Å². The smallest absolute Gasteiger partial charge is 0.273 e. The molecule has 2 aromatic heterocycles. The molecular formula is C15H18N4O2S2. The van der Waals surface area contributed by atoms with Crippen LogP contribution in [0.25, 0.3) is 0 Å². The molecule has 2 aliphatic rings. The van der Waals surface area contributed by atoms with Crippen molar-refractivity contribution in [2.45, 2.75) is 12.6 Å². The zero-order valence-electron chi connectivity index (χ0n) is 12.6. The van der Waals surface area contributed by atoms with Crippen LogP contribution in [-0.4, -0.2) is 64.6 Å². The molecule has 0 aliphatic carbocycles. The first-order valence-electron chi connectivity index (χ1n) is 7.69. The van der Waals surface area contributed by atoms with Gasteiger partial charge in [0, 0.05) is 49.1 Å². The van der Waals surface area contributed by atoms with Gasteiger partial charge in [0.05, 0.1) is 24.8 Å². The lowest BCUT2D eigenvalue weighted by molar-refractivity contribution is 0.0501. The molecule has 0 aromatic carbocycles. The number of carbonyl (C=O) groups is 1. The average molecular weight is 350 g/mol. The van der Waals surface area contributed by atoms with E-state index in [1.807, 2.05) is 21.9 Å². The number of nitrogens with zero attached hydrogens (tertiary/aromatic N) is 4. The summed E-state index contributed by atoms with van der Waals surface area (Å²) in [5.74, 6) is 0.383. The number of hydrogen-bond donors (Lipinski definition) is 0. The Morgan fingerprint density at radius 2 is 2.30 bits per heavy atom. The third-order valence-electron chi connectivity index (χ3n) is 4.39. The molecule has 23 heavy (non-hydrogen) atoms. The summed E-state index contributed by atoms with van der Waals surface area (Å²) in [5, 5.41) is 4.96. The van der Waals surface area contributed by atoms with Gasteiger partial charge in [0.1, 0.15) is 10.7 Å². The minimum atomic E-state index is 0.0221. The predicted octanol–water partition coefficient (Wildman–Crippen LogP) is 1.57. The number of carbonyl (C=O) groups excluding carboxylic acids is 1. The molecule has 0 bridgehead atoms. The zero-order chi connectivity index (χ0) is 15.6. The summed E-state index contributed by atoms with van der Waals surface area (Å²) >= 11 is 3.14. The van der Waals surface area contributed by atoms with E-state index in [2.05, 4.69) is 14.9 Å². The van der Waals surface area contributed by atoms with Crippen molar-refractivity contribution in [2.75, 3.05) is 32.8 Å². The fourth-order valence-electron chi connectivity index (χ4n) is 3.30. The molecule has 8 heteroatoms. The summed E-state index contributed by atoms with van der Waals surface area (Å²) in [4.78, 5) is 25.3. The summed E-state index contributed by atoms with van der Waals surface area (Å²) in [6.45, 7) is 4.73. The van der Waals surface area contributed by atoms with E-state index in [9.17, 15) is 4.79 Å². The average Bonchev–Trinajstić information content (AvgIpc) is 3.28. The van der Waals surface area contributed by atoms with Gasteiger partial charge in [-0.05, 0) is 0 Å². The highest BCUT2D eigenvalue weighted by molar-refractivity contribution is 7.09. The highest BCUT2D eigenvalue weighted by Crippen LogP contribution is 2.26. The molecule has 2 aliphatic heterocycles. The van der Waals surface area contributed by atoms with Crippen molar-refractivity contribution < 1.29 is 9.53 Å².